The first-order chi connectivity index (χ1) is 16.9. The average molecular weight is 471 g/mol. The molecular weight excluding hydrogens is 449 g/mol. The van der Waals surface area contributed by atoms with Crippen LogP contribution in [-0.4, -0.2) is 38.7 Å². The second-order valence-corrected chi connectivity index (χ2v) is 8.25. The zero-order valence-electron chi connectivity index (χ0n) is 19.4. The van der Waals surface area contributed by atoms with E-state index in [2.05, 4.69) is 15.3 Å². The first-order valence-corrected chi connectivity index (χ1v) is 10.9. The fourth-order valence-corrected chi connectivity index (χ4v) is 4.13. The number of anilines is 1. The highest BCUT2D eigenvalue weighted by Crippen LogP contribution is 2.30. The number of ether oxygens (including phenoxy) is 1. The summed E-state index contributed by atoms with van der Waals surface area (Å²) in [6.07, 6.45) is 3.34. The molecule has 0 bridgehead atoms. The molecular formula is C26H22FN5O3. The van der Waals surface area contributed by atoms with Gasteiger partial charge in [0.1, 0.15) is 18.2 Å². The number of methoxy groups -OCH3 is 1. The van der Waals surface area contributed by atoms with E-state index in [-0.39, 0.29) is 24.0 Å². The van der Waals surface area contributed by atoms with E-state index in [1.54, 1.807) is 49.1 Å². The van der Waals surface area contributed by atoms with Crippen molar-refractivity contribution < 1.29 is 13.9 Å². The number of hydrogen-bond acceptors (Lipinski definition) is 5. The van der Waals surface area contributed by atoms with Crippen LogP contribution in [-0.2, 0) is 16.6 Å². The fraction of sp³-hybridized carbons (Fsp3) is 0.154. The van der Waals surface area contributed by atoms with Crippen LogP contribution in [0.4, 0.5) is 10.2 Å². The number of fused-ring (bicyclic) bond motifs is 3. The number of aromatic nitrogens is 4. The number of nitrogens with one attached hydrogen (secondary N) is 1. The van der Waals surface area contributed by atoms with Crippen LogP contribution in [0.3, 0.4) is 0 Å². The second kappa shape index (κ2) is 8.77. The Bertz CT molecular complexity index is 1650. The van der Waals surface area contributed by atoms with Gasteiger partial charge in [0.05, 0.1) is 28.4 Å². The van der Waals surface area contributed by atoms with Gasteiger partial charge in [-0.25, -0.2) is 14.2 Å². The number of benzene rings is 2. The largest absolute Gasteiger partial charge is 0.375 e. The number of hydrogen-bond donors (Lipinski definition) is 1. The van der Waals surface area contributed by atoms with Gasteiger partial charge in [-0.3, -0.25) is 18.9 Å². The Hall–Kier alpha value is -4.37. The first kappa shape index (κ1) is 22.4. The molecule has 0 radical (unpaired) electrons. The van der Waals surface area contributed by atoms with Crippen molar-refractivity contribution in [1.82, 2.24) is 19.1 Å². The molecule has 0 spiro atoms. The number of imidazole rings is 1. The van der Waals surface area contributed by atoms with E-state index in [0.717, 1.165) is 22.0 Å². The maximum atomic E-state index is 13.9. The van der Waals surface area contributed by atoms with Crippen molar-refractivity contribution in [2.75, 3.05) is 19.0 Å². The van der Waals surface area contributed by atoms with Crippen molar-refractivity contribution in [2.45, 2.75) is 6.92 Å². The van der Waals surface area contributed by atoms with E-state index in [0.29, 0.717) is 28.1 Å². The zero-order valence-corrected chi connectivity index (χ0v) is 19.4. The normalized spacial score (nSPS) is 11.3. The molecule has 2 aromatic carbocycles. The molecule has 3 heterocycles. The number of halogens is 1. The summed E-state index contributed by atoms with van der Waals surface area (Å²) >= 11 is 0. The molecule has 1 amide bonds. The number of rotatable bonds is 5. The predicted octanol–water partition coefficient (Wildman–Crippen LogP) is 3.97. The lowest BCUT2D eigenvalue weighted by Crippen LogP contribution is -2.21. The minimum Gasteiger partial charge on any atom is -0.375 e. The molecule has 5 rings (SSSR count). The van der Waals surface area contributed by atoms with Crippen LogP contribution < -0.4 is 11.0 Å². The Morgan fingerprint density at radius 3 is 2.57 bits per heavy atom. The number of amides is 1. The standard InChI is InChI=1S/C26H22FN5O3/c1-15-10-18(6-7-20(15)27)32-25-19-11-16(4-8-21(19)28-13-22(25)31(2)26(32)34)17-5-9-23(29-12-17)30-24(33)14-35-3/h4-13H,14H2,1-3H3,(H,29,30,33). The number of nitrogens with zero attached hydrogens (tertiary/aromatic N) is 4. The van der Waals surface area contributed by atoms with Gasteiger partial charge in [0.15, 0.2) is 0 Å². The molecule has 0 aliphatic rings. The summed E-state index contributed by atoms with van der Waals surface area (Å²) in [6, 6.07) is 14.0. The third kappa shape index (κ3) is 3.95. The van der Waals surface area contributed by atoms with Crippen molar-refractivity contribution in [2.24, 2.45) is 7.05 Å². The van der Waals surface area contributed by atoms with Gasteiger partial charge in [0, 0.05) is 31.3 Å². The first-order valence-electron chi connectivity index (χ1n) is 10.9. The molecule has 0 aliphatic heterocycles. The lowest BCUT2D eigenvalue weighted by molar-refractivity contribution is -0.119. The molecule has 0 saturated heterocycles. The molecule has 5 aromatic rings. The summed E-state index contributed by atoms with van der Waals surface area (Å²) in [5.74, 6) is -0.195. The van der Waals surface area contributed by atoms with Crippen molar-refractivity contribution in [3.05, 3.63) is 82.8 Å². The van der Waals surface area contributed by atoms with E-state index in [4.69, 9.17) is 4.74 Å². The summed E-state index contributed by atoms with van der Waals surface area (Å²) in [7, 11) is 3.14. The van der Waals surface area contributed by atoms with Gasteiger partial charge in [0.25, 0.3) is 5.91 Å². The second-order valence-electron chi connectivity index (χ2n) is 8.25. The van der Waals surface area contributed by atoms with Crippen LogP contribution in [0, 0.1) is 12.7 Å². The summed E-state index contributed by atoms with van der Waals surface area (Å²) in [5.41, 5.74) is 4.55. The Labute approximate surface area is 199 Å². The van der Waals surface area contributed by atoms with Gasteiger partial charge in [0.2, 0.25) is 0 Å². The van der Waals surface area contributed by atoms with Crippen LogP contribution in [0.1, 0.15) is 5.56 Å². The molecule has 0 aliphatic carbocycles. The van der Waals surface area contributed by atoms with E-state index < -0.39 is 0 Å². The van der Waals surface area contributed by atoms with Gasteiger partial charge in [-0.2, -0.15) is 0 Å². The van der Waals surface area contributed by atoms with Crippen molar-refractivity contribution >= 4 is 33.7 Å². The average Bonchev–Trinajstić information content (AvgIpc) is 3.11. The van der Waals surface area contributed by atoms with Gasteiger partial charge in [-0.05, 0) is 60.5 Å². The van der Waals surface area contributed by atoms with Gasteiger partial charge >= 0.3 is 5.69 Å². The predicted molar refractivity (Wildman–Crippen MR) is 132 cm³/mol. The summed E-state index contributed by atoms with van der Waals surface area (Å²) < 4.78 is 21.9. The van der Waals surface area contributed by atoms with Crippen LogP contribution in [0.2, 0.25) is 0 Å². The summed E-state index contributed by atoms with van der Waals surface area (Å²) in [6.45, 7) is 1.62. The summed E-state index contributed by atoms with van der Waals surface area (Å²) in [5, 5.41) is 3.44. The highest BCUT2D eigenvalue weighted by Gasteiger charge is 2.17. The number of carbonyl (C=O) groups excluding carboxylic acids is 1. The van der Waals surface area contributed by atoms with E-state index in [1.165, 1.54) is 17.7 Å². The highest BCUT2D eigenvalue weighted by molar-refractivity contribution is 6.04. The topological polar surface area (TPSA) is 91.0 Å². The molecule has 35 heavy (non-hydrogen) atoms. The van der Waals surface area contributed by atoms with E-state index >= 15 is 0 Å². The molecule has 0 atom stereocenters. The third-order valence-corrected chi connectivity index (χ3v) is 5.92. The number of carbonyl (C=O) groups is 1. The van der Waals surface area contributed by atoms with E-state index in [9.17, 15) is 14.0 Å². The Balaban J connectivity index is 1.66. The third-order valence-electron chi connectivity index (χ3n) is 5.92. The Morgan fingerprint density at radius 2 is 1.86 bits per heavy atom. The van der Waals surface area contributed by atoms with Gasteiger partial charge in [-0.15, -0.1) is 0 Å². The number of pyridine rings is 2. The minimum absolute atomic E-state index is 0.0521. The van der Waals surface area contributed by atoms with Crippen LogP contribution in [0.5, 0.6) is 0 Å². The molecule has 0 saturated carbocycles. The quantitative estimate of drug-likeness (QED) is 0.419. The van der Waals surface area contributed by atoms with E-state index in [1.807, 2.05) is 24.3 Å². The van der Waals surface area contributed by atoms with Gasteiger partial charge < -0.3 is 10.1 Å². The van der Waals surface area contributed by atoms with Crippen molar-refractivity contribution in [1.29, 1.82) is 0 Å². The van der Waals surface area contributed by atoms with Crippen molar-refractivity contribution in [3.8, 4) is 16.8 Å². The maximum Gasteiger partial charge on any atom is 0.333 e. The summed E-state index contributed by atoms with van der Waals surface area (Å²) in [4.78, 5) is 33.8. The smallest absolute Gasteiger partial charge is 0.333 e. The molecule has 3 aromatic heterocycles. The zero-order chi connectivity index (χ0) is 24.7. The lowest BCUT2D eigenvalue weighted by atomic mass is 10.0. The van der Waals surface area contributed by atoms with Crippen LogP contribution >= 0.6 is 0 Å². The van der Waals surface area contributed by atoms with Crippen molar-refractivity contribution in [3.63, 3.8) is 0 Å². The molecule has 0 unspecified atom stereocenters. The highest BCUT2D eigenvalue weighted by atomic mass is 19.1. The SMILES string of the molecule is COCC(=O)Nc1ccc(-c2ccc3ncc4c(c3c2)n(-c2ccc(F)c(C)c2)c(=O)n4C)cn1. The van der Waals surface area contributed by atoms with Gasteiger partial charge in [-0.1, -0.05) is 6.07 Å². The Kier molecular flexibility index (Phi) is 5.62. The molecule has 1 N–H and O–H groups in total. The molecule has 8 nitrogen and oxygen atoms in total. The maximum absolute atomic E-state index is 13.9. The Morgan fingerprint density at radius 1 is 1.06 bits per heavy atom. The van der Waals surface area contributed by atoms with Crippen LogP contribution in [0.25, 0.3) is 38.8 Å². The monoisotopic (exact) mass is 471 g/mol. The molecule has 176 valence electrons. The minimum atomic E-state index is -0.329. The van der Waals surface area contributed by atoms with Crippen LogP contribution in [0.15, 0.2) is 65.7 Å². The molecule has 0 fully saturated rings. The lowest BCUT2D eigenvalue weighted by Gasteiger charge is -2.09. The number of aryl methyl sites for hydroxylation is 2. The molecule has 9 heteroatoms. The fourth-order valence-electron chi connectivity index (χ4n) is 4.13.